The van der Waals surface area contributed by atoms with Gasteiger partial charge in [-0.25, -0.2) is 4.68 Å². The number of hydrogen-bond acceptors (Lipinski definition) is 5. The number of benzene rings is 2. The Morgan fingerprint density at radius 1 is 1.29 bits per heavy atom. The van der Waals surface area contributed by atoms with E-state index in [0.717, 1.165) is 11.6 Å². The standard InChI is InChI=1S/C18H14Cl2N4O4/c1-28-15-6-5-11(9-14(15)24(26)27)18(25)22-16-7-8-21-23(16)10-12-3-2-4-13(19)17(12)20/h2-9H,10H2,1H3,(H,22,25). The van der Waals surface area contributed by atoms with Crippen molar-refractivity contribution in [1.29, 1.82) is 0 Å². The van der Waals surface area contributed by atoms with Gasteiger partial charge in [-0.05, 0) is 23.8 Å². The molecule has 1 aromatic heterocycles. The number of nitro benzene ring substituents is 1. The minimum atomic E-state index is -0.610. The van der Waals surface area contributed by atoms with Crippen molar-refractivity contribution in [2.75, 3.05) is 12.4 Å². The number of carbonyl (C=O) groups excluding carboxylic acids is 1. The number of nitrogens with one attached hydrogen (secondary N) is 1. The summed E-state index contributed by atoms with van der Waals surface area (Å²) in [5.41, 5.74) is 0.545. The number of carbonyl (C=O) groups is 1. The van der Waals surface area contributed by atoms with E-state index >= 15 is 0 Å². The number of aromatic nitrogens is 2. The van der Waals surface area contributed by atoms with Gasteiger partial charge in [0, 0.05) is 17.7 Å². The van der Waals surface area contributed by atoms with Gasteiger partial charge in [0.25, 0.3) is 5.91 Å². The zero-order valence-corrected chi connectivity index (χ0v) is 16.1. The van der Waals surface area contributed by atoms with Crippen molar-refractivity contribution in [2.45, 2.75) is 6.54 Å². The van der Waals surface area contributed by atoms with Gasteiger partial charge in [-0.15, -0.1) is 0 Å². The fourth-order valence-electron chi connectivity index (χ4n) is 2.56. The molecule has 28 heavy (non-hydrogen) atoms. The highest BCUT2D eigenvalue weighted by Crippen LogP contribution is 2.29. The van der Waals surface area contributed by atoms with E-state index in [1.165, 1.54) is 30.1 Å². The predicted octanol–water partition coefficient (Wildman–Crippen LogP) is 4.41. The van der Waals surface area contributed by atoms with Crippen LogP contribution in [0.4, 0.5) is 11.5 Å². The van der Waals surface area contributed by atoms with Gasteiger partial charge in [-0.3, -0.25) is 14.9 Å². The topological polar surface area (TPSA) is 99.3 Å². The van der Waals surface area contributed by atoms with Crippen LogP contribution in [0.2, 0.25) is 10.0 Å². The van der Waals surface area contributed by atoms with E-state index in [0.29, 0.717) is 15.9 Å². The third-order valence-corrected chi connectivity index (χ3v) is 4.81. The van der Waals surface area contributed by atoms with Crippen LogP contribution in [-0.4, -0.2) is 27.7 Å². The lowest BCUT2D eigenvalue weighted by Crippen LogP contribution is -2.16. The molecular formula is C18H14Cl2N4O4. The van der Waals surface area contributed by atoms with Crippen LogP contribution in [0.15, 0.2) is 48.7 Å². The summed E-state index contributed by atoms with van der Waals surface area (Å²) < 4.78 is 6.48. The Hall–Kier alpha value is -3.10. The SMILES string of the molecule is COc1ccc(C(=O)Nc2ccnn2Cc2cccc(Cl)c2Cl)cc1[N+](=O)[O-]. The van der Waals surface area contributed by atoms with Gasteiger partial charge in [-0.1, -0.05) is 35.3 Å². The Morgan fingerprint density at radius 3 is 2.79 bits per heavy atom. The molecule has 3 aromatic rings. The molecule has 0 bridgehead atoms. The molecular weight excluding hydrogens is 407 g/mol. The summed E-state index contributed by atoms with van der Waals surface area (Å²) >= 11 is 12.2. The van der Waals surface area contributed by atoms with Crippen molar-refractivity contribution in [3.05, 3.63) is 79.9 Å². The first kappa shape index (κ1) is 19.7. The number of rotatable bonds is 6. The molecule has 0 aliphatic carbocycles. The summed E-state index contributed by atoms with van der Waals surface area (Å²) in [4.78, 5) is 23.1. The molecule has 1 N–H and O–H groups in total. The molecule has 1 amide bonds. The smallest absolute Gasteiger partial charge is 0.311 e. The number of ether oxygens (including phenoxy) is 1. The van der Waals surface area contributed by atoms with Crippen LogP contribution < -0.4 is 10.1 Å². The third kappa shape index (κ3) is 4.08. The molecule has 3 rings (SSSR count). The molecule has 8 nitrogen and oxygen atoms in total. The molecule has 0 radical (unpaired) electrons. The van der Waals surface area contributed by atoms with Crippen molar-refractivity contribution in [1.82, 2.24) is 9.78 Å². The fourth-order valence-corrected chi connectivity index (χ4v) is 2.94. The summed E-state index contributed by atoms with van der Waals surface area (Å²) in [5.74, 6) is -0.0496. The van der Waals surface area contributed by atoms with Crippen molar-refractivity contribution in [3.8, 4) is 5.75 Å². The second kappa shape index (κ2) is 8.28. The maximum Gasteiger partial charge on any atom is 0.311 e. The maximum absolute atomic E-state index is 12.5. The average Bonchev–Trinajstić information content (AvgIpc) is 3.11. The first-order valence-electron chi connectivity index (χ1n) is 7.99. The van der Waals surface area contributed by atoms with Crippen molar-refractivity contribution >= 4 is 40.6 Å². The number of halogens is 2. The quantitative estimate of drug-likeness (QED) is 0.470. The molecule has 1 heterocycles. The molecule has 10 heteroatoms. The van der Waals surface area contributed by atoms with Crippen molar-refractivity contribution in [3.63, 3.8) is 0 Å². The molecule has 2 aromatic carbocycles. The Kier molecular flexibility index (Phi) is 5.81. The van der Waals surface area contributed by atoms with Gasteiger partial charge in [0.15, 0.2) is 5.75 Å². The first-order chi connectivity index (χ1) is 13.4. The van der Waals surface area contributed by atoms with Gasteiger partial charge < -0.3 is 10.1 Å². The lowest BCUT2D eigenvalue weighted by molar-refractivity contribution is -0.385. The second-order valence-electron chi connectivity index (χ2n) is 5.68. The lowest BCUT2D eigenvalue weighted by atomic mass is 10.1. The van der Waals surface area contributed by atoms with E-state index in [9.17, 15) is 14.9 Å². The highest BCUT2D eigenvalue weighted by atomic mass is 35.5. The summed E-state index contributed by atoms with van der Waals surface area (Å²) in [6.07, 6.45) is 1.52. The number of anilines is 1. The zero-order valence-electron chi connectivity index (χ0n) is 14.6. The van der Waals surface area contributed by atoms with Crippen LogP contribution in [0.1, 0.15) is 15.9 Å². The normalized spacial score (nSPS) is 10.5. The number of amides is 1. The van der Waals surface area contributed by atoms with Gasteiger partial charge in [0.05, 0.1) is 34.8 Å². The Bertz CT molecular complexity index is 1050. The van der Waals surface area contributed by atoms with Crippen molar-refractivity contribution < 1.29 is 14.5 Å². The van der Waals surface area contributed by atoms with E-state index in [2.05, 4.69) is 10.4 Å². The lowest BCUT2D eigenvalue weighted by Gasteiger charge is -2.11. The number of nitrogens with zero attached hydrogens (tertiary/aromatic N) is 3. The van der Waals surface area contributed by atoms with Gasteiger partial charge >= 0.3 is 5.69 Å². The molecule has 0 saturated carbocycles. The fraction of sp³-hybridized carbons (Fsp3) is 0.111. The van der Waals surface area contributed by atoms with E-state index < -0.39 is 10.8 Å². The molecule has 0 fully saturated rings. The molecule has 0 aliphatic heterocycles. The number of methoxy groups -OCH3 is 1. The van der Waals surface area contributed by atoms with Gasteiger partial charge in [0.1, 0.15) is 5.82 Å². The molecule has 0 aliphatic rings. The zero-order chi connectivity index (χ0) is 20.3. The molecule has 0 unspecified atom stereocenters. The Morgan fingerprint density at radius 2 is 2.07 bits per heavy atom. The minimum absolute atomic E-state index is 0.0715. The summed E-state index contributed by atoms with van der Waals surface area (Å²) in [6, 6.07) is 10.8. The largest absolute Gasteiger partial charge is 0.490 e. The number of hydrogen-bond donors (Lipinski definition) is 1. The van der Waals surface area contributed by atoms with Crippen LogP contribution in [0.5, 0.6) is 5.75 Å². The van der Waals surface area contributed by atoms with Crippen LogP contribution in [0, 0.1) is 10.1 Å². The third-order valence-electron chi connectivity index (χ3n) is 3.95. The maximum atomic E-state index is 12.5. The Labute approximate surface area is 169 Å². The summed E-state index contributed by atoms with van der Waals surface area (Å²) in [7, 11) is 1.32. The molecule has 144 valence electrons. The Balaban J connectivity index is 1.83. The van der Waals surface area contributed by atoms with Crippen LogP contribution >= 0.6 is 23.2 Å². The summed E-state index contributed by atoms with van der Waals surface area (Å²) in [5, 5.41) is 18.8. The molecule has 0 atom stereocenters. The van der Waals surface area contributed by atoms with Crippen LogP contribution in [0.3, 0.4) is 0 Å². The monoisotopic (exact) mass is 420 g/mol. The average molecular weight is 421 g/mol. The van der Waals surface area contributed by atoms with Crippen molar-refractivity contribution in [2.24, 2.45) is 0 Å². The van der Waals surface area contributed by atoms with E-state index in [-0.39, 0.29) is 23.5 Å². The summed E-state index contributed by atoms with van der Waals surface area (Å²) in [6.45, 7) is 0.283. The van der Waals surface area contributed by atoms with E-state index in [1.807, 2.05) is 0 Å². The van der Waals surface area contributed by atoms with Gasteiger partial charge in [0.2, 0.25) is 0 Å². The minimum Gasteiger partial charge on any atom is -0.490 e. The van der Waals surface area contributed by atoms with Crippen LogP contribution in [0.25, 0.3) is 0 Å². The van der Waals surface area contributed by atoms with Gasteiger partial charge in [-0.2, -0.15) is 5.10 Å². The van der Waals surface area contributed by atoms with Crippen LogP contribution in [-0.2, 0) is 6.54 Å². The first-order valence-corrected chi connectivity index (χ1v) is 8.74. The molecule has 0 spiro atoms. The molecule has 0 saturated heterocycles. The highest BCUT2D eigenvalue weighted by Gasteiger charge is 2.19. The second-order valence-corrected chi connectivity index (χ2v) is 6.47. The van der Waals surface area contributed by atoms with E-state index in [4.69, 9.17) is 27.9 Å². The highest BCUT2D eigenvalue weighted by molar-refractivity contribution is 6.42. The predicted molar refractivity (Wildman–Crippen MR) is 105 cm³/mol. The number of nitro groups is 1. The van der Waals surface area contributed by atoms with E-state index in [1.54, 1.807) is 24.3 Å².